The number of hydrogen-bond acceptors (Lipinski definition) is 2. The highest BCUT2D eigenvalue weighted by Gasteiger charge is 2.37. The van der Waals surface area contributed by atoms with E-state index < -0.39 is 0 Å². The first-order chi connectivity index (χ1) is 9.38. The minimum Gasteiger partial charge on any atom is -0.296 e. The van der Waals surface area contributed by atoms with E-state index in [9.17, 15) is 9.59 Å². The molecule has 0 aromatic heterocycles. The maximum Gasteiger partial charge on any atom is 0.230 e. The molecule has 0 aliphatic carbocycles. The Morgan fingerprint density at radius 3 is 2.70 bits per heavy atom. The summed E-state index contributed by atoms with van der Waals surface area (Å²) < 4.78 is 0.853. The summed E-state index contributed by atoms with van der Waals surface area (Å²) in [5.41, 5.74) is 0.975. The summed E-state index contributed by atoms with van der Waals surface area (Å²) in [5.74, 6) is -0.244. The fraction of sp³-hybridized carbons (Fsp3) is 0.467. The van der Waals surface area contributed by atoms with Gasteiger partial charge in [0.05, 0.1) is 0 Å². The van der Waals surface area contributed by atoms with Crippen LogP contribution in [0.5, 0.6) is 0 Å². The molecule has 1 saturated heterocycles. The third-order valence-corrected chi connectivity index (χ3v) is 4.50. The number of amides is 2. The predicted octanol–water partition coefficient (Wildman–Crippen LogP) is 3.89. The Morgan fingerprint density at radius 1 is 1.40 bits per heavy atom. The summed E-state index contributed by atoms with van der Waals surface area (Å²) in [6, 6.07) is 5.50. The number of carbonyl (C=O) groups excluding carboxylic acids is 2. The Hall–Kier alpha value is -0.870. The molecule has 3 nitrogen and oxygen atoms in total. The molecular weight excluding hydrogens is 342 g/mol. The van der Waals surface area contributed by atoms with Crippen LogP contribution in [0.3, 0.4) is 0 Å². The van der Waals surface area contributed by atoms with Gasteiger partial charge < -0.3 is 0 Å². The maximum absolute atomic E-state index is 12.1. The summed E-state index contributed by atoms with van der Waals surface area (Å²) in [6.45, 7) is 4.16. The minimum atomic E-state index is -0.207. The number of rotatable bonds is 3. The van der Waals surface area contributed by atoms with E-state index in [1.165, 1.54) is 0 Å². The first-order valence-electron chi connectivity index (χ1n) is 6.67. The standard InChI is InChI=1S/C15H17BrClNO2/c1-8(2)5-12-11(7-14(19)18-15(12)20)10-4-3-9(17)6-13(10)16/h3-4,6,8,11-12H,5,7H2,1-2H3,(H,18,19,20). The second kappa shape index (κ2) is 6.27. The number of piperidine rings is 1. The average molecular weight is 359 g/mol. The molecule has 1 N–H and O–H groups in total. The van der Waals surface area contributed by atoms with Crippen molar-refractivity contribution >= 4 is 39.3 Å². The largest absolute Gasteiger partial charge is 0.296 e. The highest BCUT2D eigenvalue weighted by Crippen LogP contribution is 2.39. The lowest BCUT2D eigenvalue weighted by molar-refractivity contribution is -0.137. The molecule has 1 aromatic rings. The fourth-order valence-electron chi connectivity index (χ4n) is 2.71. The van der Waals surface area contributed by atoms with E-state index in [-0.39, 0.29) is 23.7 Å². The predicted molar refractivity (Wildman–Crippen MR) is 82.6 cm³/mol. The van der Waals surface area contributed by atoms with Crippen LogP contribution in [-0.4, -0.2) is 11.8 Å². The van der Waals surface area contributed by atoms with Crippen molar-refractivity contribution in [3.05, 3.63) is 33.3 Å². The van der Waals surface area contributed by atoms with E-state index in [1.54, 1.807) is 12.1 Å². The van der Waals surface area contributed by atoms with Crippen molar-refractivity contribution < 1.29 is 9.59 Å². The van der Waals surface area contributed by atoms with E-state index in [2.05, 4.69) is 35.1 Å². The van der Waals surface area contributed by atoms with Crippen LogP contribution in [0.4, 0.5) is 0 Å². The van der Waals surface area contributed by atoms with E-state index >= 15 is 0 Å². The van der Waals surface area contributed by atoms with Crippen LogP contribution in [0, 0.1) is 11.8 Å². The van der Waals surface area contributed by atoms with Gasteiger partial charge in [-0.1, -0.05) is 47.4 Å². The molecule has 0 saturated carbocycles. The quantitative estimate of drug-likeness (QED) is 0.833. The monoisotopic (exact) mass is 357 g/mol. The van der Waals surface area contributed by atoms with Crippen LogP contribution in [0.15, 0.2) is 22.7 Å². The second-order valence-corrected chi connectivity index (χ2v) is 6.92. The molecule has 5 heteroatoms. The SMILES string of the molecule is CC(C)CC1C(=O)NC(=O)CC1c1ccc(Cl)cc1Br. The summed E-state index contributed by atoms with van der Waals surface area (Å²) in [6.07, 6.45) is 1.10. The highest BCUT2D eigenvalue weighted by molar-refractivity contribution is 9.10. The number of benzene rings is 1. The Labute approximate surface area is 132 Å². The molecule has 0 spiro atoms. The van der Waals surface area contributed by atoms with Crippen molar-refractivity contribution in [3.63, 3.8) is 0 Å². The first-order valence-corrected chi connectivity index (χ1v) is 7.84. The number of halogens is 2. The zero-order valence-corrected chi connectivity index (χ0v) is 13.8. The average Bonchev–Trinajstić information content (AvgIpc) is 2.32. The molecule has 1 heterocycles. The van der Waals surface area contributed by atoms with Gasteiger partial charge in [0.15, 0.2) is 0 Å². The Bertz CT molecular complexity index is 545. The van der Waals surface area contributed by atoms with Gasteiger partial charge in [0, 0.05) is 27.8 Å². The van der Waals surface area contributed by atoms with Crippen molar-refractivity contribution in [1.29, 1.82) is 0 Å². The van der Waals surface area contributed by atoms with Crippen molar-refractivity contribution in [1.82, 2.24) is 5.32 Å². The molecule has 0 bridgehead atoms. The van der Waals surface area contributed by atoms with E-state index in [0.717, 1.165) is 16.5 Å². The third kappa shape index (κ3) is 3.41. The maximum atomic E-state index is 12.1. The van der Waals surface area contributed by atoms with Gasteiger partial charge in [0.25, 0.3) is 0 Å². The van der Waals surface area contributed by atoms with Gasteiger partial charge >= 0.3 is 0 Å². The summed E-state index contributed by atoms with van der Waals surface area (Å²) in [7, 11) is 0. The molecule has 1 fully saturated rings. The highest BCUT2D eigenvalue weighted by atomic mass is 79.9. The first kappa shape index (κ1) is 15.5. The van der Waals surface area contributed by atoms with E-state index in [4.69, 9.17) is 11.6 Å². The minimum absolute atomic E-state index is 0.0923. The van der Waals surface area contributed by atoms with Crippen molar-refractivity contribution in [3.8, 4) is 0 Å². The van der Waals surface area contributed by atoms with Crippen LogP contribution in [0.2, 0.25) is 5.02 Å². The third-order valence-electron chi connectivity index (χ3n) is 3.58. The summed E-state index contributed by atoms with van der Waals surface area (Å²) >= 11 is 9.45. The lowest BCUT2D eigenvalue weighted by Gasteiger charge is -2.32. The number of imide groups is 1. The van der Waals surface area contributed by atoms with Gasteiger partial charge in [-0.3, -0.25) is 14.9 Å². The molecule has 2 amide bonds. The van der Waals surface area contributed by atoms with E-state index in [1.807, 2.05) is 6.07 Å². The molecule has 1 aromatic carbocycles. The smallest absolute Gasteiger partial charge is 0.230 e. The Kier molecular flexibility index (Phi) is 4.86. The Balaban J connectivity index is 2.37. The fourth-order valence-corrected chi connectivity index (χ4v) is 3.69. The molecule has 0 radical (unpaired) electrons. The molecule has 2 unspecified atom stereocenters. The number of hydrogen-bond donors (Lipinski definition) is 1. The lowest BCUT2D eigenvalue weighted by Crippen LogP contribution is -2.45. The van der Waals surface area contributed by atoms with Crippen molar-refractivity contribution in [2.45, 2.75) is 32.6 Å². The van der Waals surface area contributed by atoms with Crippen molar-refractivity contribution in [2.75, 3.05) is 0 Å². The summed E-state index contributed by atoms with van der Waals surface area (Å²) in [4.78, 5) is 23.8. The molecule has 1 aliphatic rings. The molecule has 1 aliphatic heterocycles. The van der Waals surface area contributed by atoms with Crippen LogP contribution in [0.1, 0.15) is 38.2 Å². The molecule has 2 atom stereocenters. The zero-order chi connectivity index (χ0) is 14.9. The van der Waals surface area contributed by atoms with Crippen LogP contribution >= 0.6 is 27.5 Å². The molecule has 2 rings (SSSR count). The number of nitrogens with one attached hydrogen (secondary N) is 1. The van der Waals surface area contributed by atoms with Gasteiger partial charge in [-0.05, 0) is 30.0 Å². The van der Waals surface area contributed by atoms with Gasteiger partial charge in [-0.25, -0.2) is 0 Å². The molecule has 20 heavy (non-hydrogen) atoms. The topological polar surface area (TPSA) is 46.2 Å². The number of carbonyl (C=O) groups is 2. The lowest BCUT2D eigenvalue weighted by atomic mass is 9.76. The van der Waals surface area contributed by atoms with E-state index in [0.29, 0.717) is 17.4 Å². The summed E-state index contributed by atoms with van der Waals surface area (Å²) in [5, 5.41) is 3.08. The molecular formula is C15H17BrClNO2. The van der Waals surface area contributed by atoms with Gasteiger partial charge in [0.1, 0.15) is 0 Å². The van der Waals surface area contributed by atoms with Gasteiger partial charge in [-0.15, -0.1) is 0 Å². The van der Waals surface area contributed by atoms with Crippen LogP contribution in [0.25, 0.3) is 0 Å². The van der Waals surface area contributed by atoms with Gasteiger partial charge in [-0.2, -0.15) is 0 Å². The van der Waals surface area contributed by atoms with Gasteiger partial charge in [0.2, 0.25) is 11.8 Å². The zero-order valence-electron chi connectivity index (χ0n) is 11.5. The normalized spacial score (nSPS) is 23.1. The van der Waals surface area contributed by atoms with Crippen LogP contribution in [-0.2, 0) is 9.59 Å². The Morgan fingerprint density at radius 2 is 2.10 bits per heavy atom. The second-order valence-electron chi connectivity index (χ2n) is 5.62. The molecule has 108 valence electrons. The van der Waals surface area contributed by atoms with Crippen LogP contribution < -0.4 is 5.32 Å². The van der Waals surface area contributed by atoms with Crippen molar-refractivity contribution in [2.24, 2.45) is 11.8 Å².